The normalized spacial score (nSPS) is 12.2. The van der Waals surface area contributed by atoms with Crippen molar-refractivity contribution in [1.29, 1.82) is 0 Å². The molecule has 1 atom stereocenters. The number of nitrogen functional groups attached to an aromatic ring is 1. The number of halogens is 2. The molecule has 2 aromatic carbocycles. The van der Waals surface area contributed by atoms with E-state index in [1.54, 1.807) is 12.1 Å². The van der Waals surface area contributed by atoms with Crippen molar-refractivity contribution >= 4 is 34.6 Å². The van der Waals surface area contributed by atoms with Gasteiger partial charge in [0.05, 0.1) is 21.8 Å². The predicted molar refractivity (Wildman–Crippen MR) is 80.8 cm³/mol. The van der Waals surface area contributed by atoms with Crippen molar-refractivity contribution in [2.24, 2.45) is 0 Å². The van der Waals surface area contributed by atoms with Gasteiger partial charge in [0.25, 0.3) is 0 Å². The number of aliphatic hydroxyl groups is 1. The minimum atomic E-state index is -0.712. The summed E-state index contributed by atoms with van der Waals surface area (Å²) in [4.78, 5) is 0. The quantitative estimate of drug-likeness (QED) is 0.754. The molecule has 5 heteroatoms. The average molecular weight is 297 g/mol. The van der Waals surface area contributed by atoms with Crippen molar-refractivity contribution in [3.8, 4) is 0 Å². The number of hydrogen-bond acceptors (Lipinski definition) is 3. The van der Waals surface area contributed by atoms with Gasteiger partial charge in [-0.05, 0) is 29.8 Å². The van der Waals surface area contributed by atoms with Crippen molar-refractivity contribution in [2.75, 3.05) is 17.6 Å². The molecule has 0 aliphatic heterocycles. The van der Waals surface area contributed by atoms with Crippen molar-refractivity contribution in [3.63, 3.8) is 0 Å². The lowest BCUT2D eigenvalue weighted by Crippen LogP contribution is -2.12. The van der Waals surface area contributed by atoms with E-state index in [4.69, 9.17) is 28.9 Å². The maximum absolute atomic E-state index is 10.1. The van der Waals surface area contributed by atoms with Crippen molar-refractivity contribution in [1.82, 2.24) is 0 Å². The summed E-state index contributed by atoms with van der Waals surface area (Å²) in [5, 5.41) is 13.9. The van der Waals surface area contributed by atoms with Gasteiger partial charge in [0.15, 0.2) is 0 Å². The highest BCUT2D eigenvalue weighted by atomic mass is 35.5. The van der Waals surface area contributed by atoms with E-state index in [1.165, 1.54) is 0 Å². The molecule has 2 rings (SSSR count). The maximum atomic E-state index is 10.1. The fourth-order valence-electron chi connectivity index (χ4n) is 1.68. The van der Waals surface area contributed by atoms with E-state index in [1.807, 2.05) is 30.3 Å². The molecule has 0 aromatic heterocycles. The first-order valence-corrected chi connectivity index (χ1v) is 6.55. The Morgan fingerprint density at radius 2 is 1.68 bits per heavy atom. The first-order valence-electron chi connectivity index (χ1n) is 5.79. The van der Waals surface area contributed by atoms with Crippen LogP contribution in [0.4, 0.5) is 11.4 Å². The molecule has 19 heavy (non-hydrogen) atoms. The molecular weight excluding hydrogens is 283 g/mol. The Labute approximate surface area is 122 Å². The number of anilines is 2. The van der Waals surface area contributed by atoms with Gasteiger partial charge in [-0.25, -0.2) is 0 Å². The SMILES string of the molecule is Nc1c(Cl)cc(C(O)CNc2ccccc2)cc1Cl. The Balaban J connectivity index is 2.06. The zero-order valence-electron chi connectivity index (χ0n) is 10.1. The first kappa shape index (κ1) is 14.0. The van der Waals surface area contributed by atoms with Crippen LogP contribution in [0.25, 0.3) is 0 Å². The molecule has 3 nitrogen and oxygen atoms in total. The fraction of sp³-hybridized carbons (Fsp3) is 0.143. The summed E-state index contributed by atoms with van der Waals surface area (Å²) < 4.78 is 0. The topological polar surface area (TPSA) is 58.3 Å². The third kappa shape index (κ3) is 3.53. The van der Waals surface area contributed by atoms with Gasteiger partial charge in [0.1, 0.15) is 0 Å². The molecule has 0 fully saturated rings. The van der Waals surface area contributed by atoms with E-state index in [2.05, 4.69) is 5.32 Å². The molecule has 0 spiro atoms. The molecule has 0 heterocycles. The van der Waals surface area contributed by atoms with Gasteiger partial charge in [-0.15, -0.1) is 0 Å². The number of hydrogen-bond donors (Lipinski definition) is 3. The van der Waals surface area contributed by atoms with Crippen molar-refractivity contribution in [3.05, 3.63) is 58.1 Å². The minimum Gasteiger partial charge on any atom is -0.396 e. The van der Waals surface area contributed by atoms with Gasteiger partial charge < -0.3 is 16.2 Å². The van der Waals surface area contributed by atoms with Gasteiger partial charge in [0, 0.05) is 12.2 Å². The number of rotatable bonds is 4. The number of para-hydroxylation sites is 1. The number of nitrogens with one attached hydrogen (secondary N) is 1. The van der Waals surface area contributed by atoms with Crippen LogP contribution in [0.5, 0.6) is 0 Å². The summed E-state index contributed by atoms with van der Waals surface area (Å²) in [6.45, 7) is 0.362. The van der Waals surface area contributed by atoms with Crippen molar-refractivity contribution < 1.29 is 5.11 Å². The monoisotopic (exact) mass is 296 g/mol. The first-order chi connectivity index (χ1) is 9.08. The Hall–Kier alpha value is -1.42. The molecule has 0 bridgehead atoms. The average Bonchev–Trinajstić information content (AvgIpc) is 2.42. The van der Waals surface area contributed by atoms with E-state index in [9.17, 15) is 5.11 Å². The van der Waals surface area contributed by atoms with Crippen LogP contribution >= 0.6 is 23.2 Å². The highest BCUT2D eigenvalue weighted by molar-refractivity contribution is 6.38. The molecule has 0 aliphatic rings. The van der Waals surface area contributed by atoms with Crippen LogP contribution in [0, 0.1) is 0 Å². The molecular formula is C14H14Cl2N2O. The van der Waals surface area contributed by atoms with Crippen molar-refractivity contribution in [2.45, 2.75) is 6.10 Å². The highest BCUT2D eigenvalue weighted by Crippen LogP contribution is 2.31. The second-order valence-electron chi connectivity index (χ2n) is 4.16. The Bertz CT molecular complexity index is 538. The number of benzene rings is 2. The highest BCUT2D eigenvalue weighted by Gasteiger charge is 2.12. The lowest BCUT2D eigenvalue weighted by Gasteiger charge is -2.14. The van der Waals surface area contributed by atoms with E-state index in [0.717, 1.165) is 5.69 Å². The van der Waals surface area contributed by atoms with E-state index >= 15 is 0 Å². The van der Waals surface area contributed by atoms with E-state index in [0.29, 0.717) is 27.8 Å². The lowest BCUT2D eigenvalue weighted by molar-refractivity contribution is 0.191. The summed E-state index contributed by atoms with van der Waals surface area (Å²) in [6.07, 6.45) is -0.712. The van der Waals surface area contributed by atoms with E-state index < -0.39 is 6.10 Å². The summed E-state index contributed by atoms with van der Waals surface area (Å²) in [5.74, 6) is 0. The summed E-state index contributed by atoms with van der Waals surface area (Å²) >= 11 is 11.9. The Kier molecular flexibility index (Phi) is 4.53. The molecule has 4 N–H and O–H groups in total. The maximum Gasteiger partial charge on any atom is 0.0963 e. The summed E-state index contributed by atoms with van der Waals surface area (Å²) in [7, 11) is 0. The van der Waals surface area contributed by atoms with Gasteiger partial charge in [-0.1, -0.05) is 41.4 Å². The fourth-order valence-corrected chi connectivity index (χ4v) is 2.19. The van der Waals surface area contributed by atoms with E-state index in [-0.39, 0.29) is 0 Å². The molecule has 0 saturated carbocycles. The Morgan fingerprint density at radius 1 is 1.11 bits per heavy atom. The molecule has 0 amide bonds. The molecule has 0 radical (unpaired) electrons. The molecule has 2 aromatic rings. The summed E-state index contributed by atoms with van der Waals surface area (Å²) in [5.41, 5.74) is 7.55. The third-order valence-electron chi connectivity index (χ3n) is 2.76. The number of nitrogens with two attached hydrogens (primary N) is 1. The van der Waals surface area contributed by atoms with Gasteiger partial charge in [0.2, 0.25) is 0 Å². The van der Waals surface area contributed by atoms with Crippen LogP contribution in [0.2, 0.25) is 10.0 Å². The van der Waals surface area contributed by atoms with Crippen LogP contribution < -0.4 is 11.1 Å². The predicted octanol–water partition coefficient (Wildman–Crippen LogP) is 3.72. The standard InChI is InChI=1S/C14H14Cl2N2O/c15-11-6-9(7-12(16)14(11)17)13(19)8-18-10-4-2-1-3-5-10/h1-7,13,18-19H,8,17H2. The zero-order valence-corrected chi connectivity index (χ0v) is 11.6. The third-order valence-corrected chi connectivity index (χ3v) is 3.38. The molecule has 0 saturated heterocycles. The minimum absolute atomic E-state index is 0.329. The summed E-state index contributed by atoms with van der Waals surface area (Å²) in [6, 6.07) is 12.9. The Morgan fingerprint density at radius 3 is 2.26 bits per heavy atom. The molecule has 100 valence electrons. The van der Waals surface area contributed by atoms with Crippen LogP contribution in [-0.4, -0.2) is 11.7 Å². The van der Waals surface area contributed by atoms with Gasteiger partial charge in [-0.2, -0.15) is 0 Å². The second kappa shape index (κ2) is 6.15. The van der Waals surface area contributed by atoms with Crippen LogP contribution in [0.1, 0.15) is 11.7 Å². The number of aliphatic hydroxyl groups excluding tert-OH is 1. The lowest BCUT2D eigenvalue weighted by atomic mass is 10.1. The van der Waals surface area contributed by atoms with Crippen LogP contribution in [0.15, 0.2) is 42.5 Å². The van der Waals surface area contributed by atoms with Gasteiger partial charge in [-0.3, -0.25) is 0 Å². The smallest absolute Gasteiger partial charge is 0.0963 e. The van der Waals surface area contributed by atoms with Gasteiger partial charge >= 0.3 is 0 Å². The molecule has 1 unspecified atom stereocenters. The second-order valence-corrected chi connectivity index (χ2v) is 4.98. The largest absolute Gasteiger partial charge is 0.396 e. The van der Waals surface area contributed by atoms with Crippen LogP contribution in [0.3, 0.4) is 0 Å². The molecule has 0 aliphatic carbocycles. The van der Waals surface area contributed by atoms with Crippen LogP contribution in [-0.2, 0) is 0 Å². The zero-order chi connectivity index (χ0) is 13.8.